The summed E-state index contributed by atoms with van der Waals surface area (Å²) >= 11 is 6.46. The maximum atomic E-state index is 12.8. The van der Waals surface area contributed by atoms with Gasteiger partial charge in [0.15, 0.2) is 0 Å². The van der Waals surface area contributed by atoms with E-state index in [-0.39, 0.29) is 6.61 Å². The third-order valence-corrected chi connectivity index (χ3v) is 8.02. The number of aliphatic hydroxyl groups is 1. The zero-order valence-corrected chi connectivity index (χ0v) is 19.5. The predicted octanol–water partition coefficient (Wildman–Crippen LogP) is 3.55. The second-order valence-electron chi connectivity index (χ2n) is 8.08. The highest BCUT2D eigenvalue weighted by molar-refractivity contribution is 7.89. The quantitative estimate of drug-likeness (QED) is 0.567. The minimum absolute atomic E-state index is 0.111. The summed E-state index contributed by atoms with van der Waals surface area (Å²) in [5.74, 6) is 0.540. The molecule has 4 rings (SSSR count). The Kier molecular flexibility index (Phi) is 7.02. The summed E-state index contributed by atoms with van der Waals surface area (Å²) in [6.07, 6.45) is -0.710. The number of rotatable bonds is 7. The van der Waals surface area contributed by atoms with Crippen molar-refractivity contribution in [3.05, 3.63) is 71.2 Å². The highest BCUT2D eigenvalue weighted by Crippen LogP contribution is 2.32. The van der Waals surface area contributed by atoms with Gasteiger partial charge >= 0.3 is 0 Å². The largest absolute Gasteiger partial charge is 0.489 e. The van der Waals surface area contributed by atoms with Crippen molar-refractivity contribution in [1.29, 1.82) is 0 Å². The SMILES string of the molecule is Cc1ccc(S(=O)(=O)N2CCN(C[C@H](O)COc3ccc4ccccc4c3Cl)CC2)cc1. The predicted molar refractivity (Wildman–Crippen MR) is 127 cm³/mol. The van der Waals surface area contributed by atoms with Gasteiger partial charge in [0.25, 0.3) is 0 Å². The van der Waals surface area contributed by atoms with E-state index in [9.17, 15) is 13.5 Å². The molecule has 1 atom stereocenters. The molecule has 3 aromatic carbocycles. The number of hydrogen-bond acceptors (Lipinski definition) is 5. The van der Waals surface area contributed by atoms with Crippen LogP contribution in [0.15, 0.2) is 65.6 Å². The minimum atomic E-state index is -3.49. The van der Waals surface area contributed by atoms with Crippen LogP contribution in [0, 0.1) is 6.92 Å². The van der Waals surface area contributed by atoms with Crippen molar-refractivity contribution in [2.24, 2.45) is 0 Å². The zero-order valence-electron chi connectivity index (χ0n) is 17.9. The third kappa shape index (κ3) is 5.08. The molecule has 8 heteroatoms. The smallest absolute Gasteiger partial charge is 0.243 e. The van der Waals surface area contributed by atoms with Gasteiger partial charge in [0, 0.05) is 38.1 Å². The molecule has 0 bridgehead atoms. The van der Waals surface area contributed by atoms with Crippen LogP contribution in [0.1, 0.15) is 5.56 Å². The number of nitrogens with zero attached hydrogens (tertiary/aromatic N) is 2. The summed E-state index contributed by atoms with van der Waals surface area (Å²) < 4.78 is 33.0. The standard InChI is InChI=1S/C24H27ClN2O4S/c1-18-6-9-21(10-7-18)32(29,30)27-14-12-26(13-15-27)16-20(28)17-31-23-11-8-19-4-2-3-5-22(19)24(23)25/h2-11,20,28H,12-17H2,1H3/t20-/m0/s1. The number of sulfonamides is 1. The Morgan fingerprint density at radius 2 is 1.69 bits per heavy atom. The summed E-state index contributed by atoms with van der Waals surface area (Å²) in [4.78, 5) is 2.37. The van der Waals surface area contributed by atoms with E-state index in [4.69, 9.17) is 16.3 Å². The van der Waals surface area contributed by atoms with Gasteiger partial charge in [-0.1, -0.05) is 59.6 Å². The van der Waals surface area contributed by atoms with Gasteiger partial charge in [-0.15, -0.1) is 0 Å². The van der Waals surface area contributed by atoms with Crippen LogP contribution in [-0.2, 0) is 10.0 Å². The molecule has 0 unspecified atom stereocenters. The Morgan fingerprint density at radius 3 is 2.41 bits per heavy atom. The number of benzene rings is 3. The molecular formula is C24H27ClN2O4S. The van der Waals surface area contributed by atoms with Crippen LogP contribution < -0.4 is 4.74 Å². The van der Waals surface area contributed by atoms with Crippen molar-refractivity contribution in [1.82, 2.24) is 9.21 Å². The Labute approximate surface area is 194 Å². The molecule has 1 fully saturated rings. The molecule has 0 spiro atoms. The molecule has 1 N–H and O–H groups in total. The van der Waals surface area contributed by atoms with E-state index in [1.165, 1.54) is 4.31 Å². The van der Waals surface area contributed by atoms with Crippen molar-refractivity contribution in [3.8, 4) is 5.75 Å². The fraction of sp³-hybridized carbons (Fsp3) is 0.333. The van der Waals surface area contributed by atoms with E-state index < -0.39 is 16.1 Å². The Hall–Kier alpha value is -2.16. The molecule has 32 heavy (non-hydrogen) atoms. The summed E-state index contributed by atoms with van der Waals surface area (Å²) in [5, 5.41) is 12.9. The van der Waals surface area contributed by atoms with Crippen molar-refractivity contribution in [2.75, 3.05) is 39.3 Å². The Balaban J connectivity index is 1.29. The highest BCUT2D eigenvalue weighted by atomic mass is 35.5. The maximum Gasteiger partial charge on any atom is 0.243 e. The summed E-state index contributed by atoms with van der Waals surface area (Å²) in [6, 6.07) is 18.5. The lowest BCUT2D eigenvalue weighted by Crippen LogP contribution is -2.50. The van der Waals surface area contributed by atoms with Crippen LogP contribution in [-0.4, -0.2) is 68.2 Å². The Morgan fingerprint density at radius 1 is 1.00 bits per heavy atom. The normalized spacial score (nSPS) is 16.8. The van der Waals surface area contributed by atoms with Gasteiger partial charge in [-0.05, 0) is 30.5 Å². The number of hydrogen-bond donors (Lipinski definition) is 1. The van der Waals surface area contributed by atoms with E-state index in [1.807, 2.05) is 43.3 Å². The number of aryl methyl sites for hydroxylation is 1. The molecule has 170 valence electrons. The first kappa shape index (κ1) is 23.0. The zero-order chi connectivity index (χ0) is 22.7. The average Bonchev–Trinajstić information content (AvgIpc) is 2.79. The van der Waals surface area contributed by atoms with Gasteiger partial charge < -0.3 is 9.84 Å². The molecule has 1 saturated heterocycles. The molecule has 3 aromatic rings. The molecule has 0 aliphatic carbocycles. The van der Waals surface area contributed by atoms with Crippen molar-refractivity contribution >= 4 is 32.4 Å². The van der Waals surface area contributed by atoms with Gasteiger partial charge in [-0.2, -0.15) is 4.31 Å². The molecule has 1 heterocycles. The number of piperazine rings is 1. The Bertz CT molecular complexity index is 1180. The third-order valence-electron chi connectivity index (χ3n) is 5.72. The lowest BCUT2D eigenvalue weighted by molar-refractivity contribution is 0.0569. The molecule has 6 nitrogen and oxygen atoms in total. The lowest BCUT2D eigenvalue weighted by atomic mass is 10.1. The monoisotopic (exact) mass is 474 g/mol. The van der Waals surface area contributed by atoms with Crippen LogP contribution >= 0.6 is 11.6 Å². The summed E-state index contributed by atoms with van der Waals surface area (Å²) in [5.41, 5.74) is 1.02. The number of β-amino-alcohol motifs (C(OH)–C–C–N with tert-alkyl or cyclic N) is 1. The van der Waals surface area contributed by atoms with Gasteiger partial charge in [0.2, 0.25) is 10.0 Å². The molecule has 1 aliphatic rings. The van der Waals surface area contributed by atoms with E-state index in [0.717, 1.165) is 16.3 Å². The van der Waals surface area contributed by atoms with Gasteiger partial charge in [0.05, 0.1) is 9.92 Å². The van der Waals surface area contributed by atoms with Gasteiger partial charge in [-0.3, -0.25) is 4.90 Å². The first-order valence-electron chi connectivity index (χ1n) is 10.6. The van der Waals surface area contributed by atoms with E-state index in [1.54, 1.807) is 24.3 Å². The number of fused-ring (bicyclic) bond motifs is 1. The molecule has 0 aromatic heterocycles. The fourth-order valence-electron chi connectivity index (χ4n) is 3.87. The second-order valence-corrected chi connectivity index (χ2v) is 10.4. The highest BCUT2D eigenvalue weighted by Gasteiger charge is 2.29. The minimum Gasteiger partial charge on any atom is -0.489 e. The van der Waals surface area contributed by atoms with Crippen molar-refractivity contribution in [3.63, 3.8) is 0 Å². The second kappa shape index (κ2) is 9.77. The first-order chi connectivity index (χ1) is 15.3. The van der Waals surface area contributed by atoms with Crippen molar-refractivity contribution < 1.29 is 18.3 Å². The molecule has 1 aliphatic heterocycles. The average molecular weight is 475 g/mol. The van der Waals surface area contributed by atoms with Gasteiger partial charge in [0.1, 0.15) is 18.5 Å². The van der Waals surface area contributed by atoms with Gasteiger partial charge in [-0.25, -0.2) is 8.42 Å². The summed E-state index contributed by atoms with van der Waals surface area (Å²) in [6.45, 7) is 4.33. The van der Waals surface area contributed by atoms with Crippen LogP contribution in [0.25, 0.3) is 10.8 Å². The van der Waals surface area contributed by atoms with Crippen molar-refractivity contribution in [2.45, 2.75) is 17.9 Å². The summed E-state index contributed by atoms with van der Waals surface area (Å²) in [7, 11) is -3.49. The lowest BCUT2D eigenvalue weighted by Gasteiger charge is -2.34. The van der Waals surface area contributed by atoms with Crippen LogP contribution in [0.4, 0.5) is 0 Å². The van der Waals surface area contributed by atoms with Crippen LogP contribution in [0.2, 0.25) is 5.02 Å². The maximum absolute atomic E-state index is 12.8. The number of halogens is 1. The molecule has 0 saturated carbocycles. The van der Waals surface area contributed by atoms with Crippen LogP contribution in [0.5, 0.6) is 5.75 Å². The number of ether oxygens (including phenoxy) is 1. The molecular weight excluding hydrogens is 448 g/mol. The van der Waals surface area contributed by atoms with E-state index in [0.29, 0.717) is 48.4 Å². The molecule has 0 amide bonds. The fourth-order valence-corrected chi connectivity index (χ4v) is 5.59. The van der Waals surface area contributed by atoms with E-state index >= 15 is 0 Å². The molecule has 0 radical (unpaired) electrons. The first-order valence-corrected chi connectivity index (χ1v) is 12.4. The van der Waals surface area contributed by atoms with Crippen LogP contribution in [0.3, 0.4) is 0 Å². The van der Waals surface area contributed by atoms with E-state index in [2.05, 4.69) is 4.90 Å². The topological polar surface area (TPSA) is 70.1 Å². The number of aliphatic hydroxyl groups excluding tert-OH is 1.